The molecular formula is C19H33NOS2. The number of rotatable bonds is 13. The van der Waals surface area contributed by atoms with Crippen LogP contribution in [0.3, 0.4) is 0 Å². The van der Waals surface area contributed by atoms with Gasteiger partial charge in [-0.2, -0.15) is 23.5 Å². The van der Waals surface area contributed by atoms with Crippen molar-refractivity contribution in [3.8, 4) is 0 Å². The highest BCUT2D eigenvalue weighted by Crippen LogP contribution is 2.18. The summed E-state index contributed by atoms with van der Waals surface area (Å²) in [6.45, 7) is 12.1. The number of aliphatic hydroxyl groups excluding tert-OH is 1. The lowest BCUT2D eigenvalue weighted by Gasteiger charge is -2.18. The highest BCUT2D eigenvalue weighted by atomic mass is 32.2. The molecule has 0 saturated heterocycles. The third kappa shape index (κ3) is 12.6. The van der Waals surface area contributed by atoms with Crippen molar-refractivity contribution in [1.29, 1.82) is 0 Å². The second-order valence-corrected chi connectivity index (χ2v) is 7.94. The molecule has 1 N–H and O–H groups in total. The van der Waals surface area contributed by atoms with Gasteiger partial charge in [0, 0.05) is 17.7 Å². The van der Waals surface area contributed by atoms with Gasteiger partial charge in [0.25, 0.3) is 0 Å². The Balaban J connectivity index is 3.83. The predicted molar refractivity (Wildman–Crippen MR) is 111 cm³/mol. The number of hydrogen-bond acceptors (Lipinski definition) is 4. The van der Waals surface area contributed by atoms with E-state index in [1.165, 1.54) is 5.57 Å². The summed E-state index contributed by atoms with van der Waals surface area (Å²) in [5, 5.41) is 10.2. The number of aliphatic hydroxyl groups is 1. The van der Waals surface area contributed by atoms with Crippen molar-refractivity contribution < 1.29 is 5.11 Å². The smallest absolute Gasteiger partial charge is 0.0663 e. The van der Waals surface area contributed by atoms with E-state index in [1.807, 2.05) is 42.6 Å². The summed E-state index contributed by atoms with van der Waals surface area (Å²) in [5.74, 6) is 4.27. The van der Waals surface area contributed by atoms with Crippen molar-refractivity contribution in [3.05, 3.63) is 36.6 Å². The average molecular weight is 356 g/mol. The predicted octanol–water partition coefficient (Wildman–Crippen LogP) is 5.36. The molecule has 0 radical (unpaired) electrons. The standard InChI is InChI=1S/C19H33NOS2/c1-6-11-20-18(8-3)10-13-22-14-17(5)19(21)15-23-12-9-16(4)7-2/h6-8,11,17,19,21H,3,9-10,12-15H2,1-2,4-5H3/b11-6-,16-7+,20-18+/t17?,19-/m0/s1. The highest BCUT2D eigenvalue weighted by Gasteiger charge is 2.14. The van der Waals surface area contributed by atoms with Gasteiger partial charge < -0.3 is 5.11 Å². The molecule has 0 aliphatic rings. The van der Waals surface area contributed by atoms with Crippen molar-refractivity contribution >= 4 is 29.2 Å². The molecule has 0 rings (SSSR count). The zero-order chi connectivity index (χ0) is 17.5. The van der Waals surface area contributed by atoms with E-state index in [0.29, 0.717) is 5.92 Å². The normalized spacial score (nSPS) is 15.9. The van der Waals surface area contributed by atoms with Gasteiger partial charge in [-0.3, -0.25) is 4.99 Å². The maximum Gasteiger partial charge on any atom is 0.0663 e. The Labute approximate surface area is 151 Å². The third-order valence-corrected chi connectivity index (χ3v) is 5.91. The Hall–Kier alpha value is -0.450. The molecule has 0 saturated carbocycles. The maximum atomic E-state index is 10.2. The van der Waals surface area contributed by atoms with Crippen LogP contribution in [-0.2, 0) is 0 Å². The van der Waals surface area contributed by atoms with Crippen LogP contribution in [0.2, 0.25) is 0 Å². The Bertz CT molecular complexity index is 402. The van der Waals surface area contributed by atoms with E-state index in [1.54, 1.807) is 6.20 Å². The summed E-state index contributed by atoms with van der Waals surface area (Å²) in [6.07, 6.45) is 9.54. The van der Waals surface area contributed by atoms with Gasteiger partial charge in [0.2, 0.25) is 0 Å². The van der Waals surface area contributed by atoms with Crippen LogP contribution in [-0.4, -0.2) is 39.9 Å². The molecular weight excluding hydrogens is 322 g/mol. The van der Waals surface area contributed by atoms with Gasteiger partial charge >= 0.3 is 0 Å². The molecule has 0 bridgehead atoms. The molecule has 0 aromatic heterocycles. The summed E-state index contributed by atoms with van der Waals surface area (Å²) in [5.41, 5.74) is 2.45. The zero-order valence-electron chi connectivity index (χ0n) is 15.1. The van der Waals surface area contributed by atoms with E-state index >= 15 is 0 Å². The molecule has 0 aromatic rings. The van der Waals surface area contributed by atoms with Gasteiger partial charge in [-0.15, -0.1) is 0 Å². The Morgan fingerprint density at radius 3 is 2.43 bits per heavy atom. The second kappa shape index (κ2) is 15.1. The van der Waals surface area contributed by atoms with Gasteiger partial charge in [0.15, 0.2) is 0 Å². The maximum absolute atomic E-state index is 10.2. The van der Waals surface area contributed by atoms with Crippen LogP contribution in [0.5, 0.6) is 0 Å². The summed E-state index contributed by atoms with van der Waals surface area (Å²) in [4.78, 5) is 4.33. The van der Waals surface area contributed by atoms with Gasteiger partial charge in [-0.1, -0.05) is 31.2 Å². The third-order valence-electron chi connectivity index (χ3n) is 3.59. The number of allylic oxidation sites excluding steroid dienone is 4. The van der Waals surface area contributed by atoms with Crippen LogP contribution in [0.25, 0.3) is 0 Å². The van der Waals surface area contributed by atoms with Crippen LogP contribution in [0.4, 0.5) is 0 Å². The molecule has 0 heterocycles. The van der Waals surface area contributed by atoms with Gasteiger partial charge in [0.1, 0.15) is 0 Å². The van der Waals surface area contributed by atoms with E-state index in [2.05, 4.69) is 38.4 Å². The van der Waals surface area contributed by atoms with Crippen LogP contribution in [0.15, 0.2) is 41.6 Å². The van der Waals surface area contributed by atoms with Crippen LogP contribution in [0, 0.1) is 5.92 Å². The molecule has 0 aromatic carbocycles. The Morgan fingerprint density at radius 2 is 1.83 bits per heavy atom. The van der Waals surface area contributed by atoms with E-state index in [-0.39, 0.29) is 6.10 Å². The lowest BCUT2D eigenvalue weighted by Crippen LogP contribution is -2.22. The SMILES string of the molecule is C=C/C(CCSCC(C)[C@@H](O)CSCC/C(C)=C/C)=N\C=C/C. The molecule has 4 heteroatoms. The minimum atomic E-state index is -0.214. The highest BCUT2D eigenvalue weighted by molar-refractivity contribution is 7.99. The summed E-state index contributed by atoms with van der Waals surface area (Å²) in [6, 6.07) is 0. The van der Waals surface area contributed by atoms with Crippen LogP contribution in [0.1, 0.15) is 40.5 Å². The first-order valence-corrected chi connectivity index (χ1v) is 10.6. The van der Waals surface area contributed by atoms with Crippen molar-refractivity contribution in [2.24, 2.45) is 10.9 Å². The van der Waals surface area contributed by atoms with Gasteiger partial charge in [0.05, 0.1) is 6.10 Å². The Morgan fingerprint density at radius 1 is 1.17 bits per heavy atom. The fourth-order valence-electron chi connectivity index (χ4n) is 1.69. The molecule has 23 heavy (non-hydrogen) atoms. The summed E-state index contributed by atoms with van der Waals surface area (Å²) >= 11 is 3.73. The molecule has 0 aliphatic carbocycles. The lowest BCUT2D eigenvalue weighted by molar-refractivity contribution is 0.151. The van der Waals surface area contributed by atoms with E-state index in [0.717, 1.165) is 41.6 Å². The minimum absolute atomic E-state index is 0.214. The largest absolute Gasteiger partial charge is 0.392 e. The van der Waals surface area contributed by atoms with Crippen molar-refractivity contribution in [2.45, 2.75) is 46.6 Å². The molecule has 2 nitrogen and oxygen atoms in total. The van der Waals surface area contributed by atoms with Crippen molar-refractivity contribution in [2.75, 3.05) is 23.0 Å². The van der Waals surface area contributed by atoms with Gasteiger partial charge in [-0.25, -0.2) is 0 Å². The first-order chi connectivity index (χ1) is 11.0. The minimum Gasteiger partial charge on any atom is -0.392 e. The monoisotopic (exact) mass is 355 g/mol. The quantitative estimate of drug-likeness (QED) is 0.274. The summed E-state index contributed by atoms with van der Waals surface area (Å²) in [7, 11) is 0. The zero-order valence-corrected chi connectivity index (χ0v) is 16.8. The fraction of sp³-hybridized carbons (Fsp3) is 0.632. The molecule has 0 fully saturated rings. The number of nitrogens with zero attached hydrogens (tertiary/aromatic N) is 1. The number of hydrogen-bond donors (Lipinski definition) is 1. The molecule has 2 atom stereocenters. The van der Waals surface area contributed by atoms with Crippen molar-refractivity contribution in [3.63, 3.8) is 0 Å². The first-order valence-electron chi connectivity index (χ1n) is 8.30. The second-order valence-electron chi connectivity index (χ2n) is 5.64. The average Bonchev–Trinajstić information content (AvgIpc) is 2.57. The molecule has 132 valence electrons. The summed E-state index contributed by atoms with van der Waals surface area (Å²) < 4.78 is 0. The van der Waals surface area contributed by atoms with E-state index in [9.17, 15) is 5.11 Å². The molecule has 1 unspecified atom stereocenters. The number of aliphatic imine (C=N–C) groups is 1. The Kier molecular flexibility index (Phi) is 14.8. The molecule has 0 spiro atoms. The van der Waals surface area contributed by atoms with E-state index in [4.69, 9.17) is 0 Å². The number of thioether (sulfide) groups is 2. The van der Waals surface area contributed by atoms with Crippen LogP contribution >= 0.6 is 23.5 Å². The van der Waals surface area contributed by atoms with Crippen molar-refractivity contribution in [1.82, 2.24) is 0 Å². The van der Waals surface area contributed by atoms with Crippen LogP contribution < -0.4 is 0 Å². The molecule has 0 aliphatic heterocycles. The van der Waals surface area contributed by atoms with E-state index < -0.39 is 0 Å². The van der Waals surface area contributed by atoms with Gasteiger partial charge in [-0.05, 0) is 62.9 Å². The fourth-order valence-corrected chi connectivity index (χ4v) is 4.01. The molecule has 0 amide bonds. The lowest BCUT2D eigenvalue weighted by atomic mass is 10.1. The topological polar surface area (TPSA) is 32.6 Å². The first kappa shape index (κ1) is 22.6.